The zero-order valence-electron chi connectivity index (χ0n) is 15.7. The molecule has 0 saturated carbocycles. The molecule has 0 N–H and O–H groups in total. The van der Waals surface area contributed by atoms with E-state index in [0.717, 1.165) is 11.3 Å². The van der Waals surface area contributed by atoms with Gasteiger partial charge in [0.2, 0.25) is 5.91 Å². The van der Waals surface area contributed by atoms with Crippen LogP contribution >= 0.6 is 0 Å². The first kappa shape index (κ1) is 18.6. The predicted octanol–water partition coefficient (Wildman–Crippen LogP) is 3.57. The summed E-state index contributed by atoms with van der Waals surface area (Å²) in [6.45, 7) is 0.924. The van der Waals surface area contributed by atoms with Crippen molar-refractivity contribution in [3.8, 4) is 17.2 Å². The highest BCUT2D eigenvalue weighted by atomic mass is 16.5. The minimum atomic E-state index is 0.0624. The quantitative estimate of drug-likeness (QED) is 0.614. The molecule has 0 aliphatic carbocycles. The standard InChI is InChI=1S/C22H24N2O3/c1-23(15-16-27-21-8-4-3-7-20(21)26-2)22(25)17-18-9-11-19(12-10-18)24-13-5-6-14-24/h3-14H,15-17H2,1-2H3. The summed E-state index contributed by atoms with van der Waals surface area (Å²) in [5.41, 5.74) is 2.07. The summed E-state index contributed by atoms with van der Waals surface area (Å²) in [4.78, 5) is 14.1. The van der Waals surface area contributed by atoms with Gasteiger partial charge in [0, 0.05) is 25.1 Å². The maximum Gasteiger partial charge on any atom is 0.226 e. The van der Waals surface area contributed by atoms with E-state index in [1.165, 1.54) is 0 Å². The van der Waals surface area contributed by atoms with Crippen LogP contribution in [0.4, 0.5) is 0 Å². The molecule has 0 unspecified atom stereocenters. The summed E-state index contributed by atoms with van der Waals surface area (Å²) in [6.07, 6.45) is 4.36. The number of para-hydroxylation sites is 2. The third kappa shape index (κ3) is 4.91. The SMILES string of the molecule is COc1ccccc1OCCN(C)C(=O)Cc1ccc(-n2cccc2)cc1. The molecule has 1 amide bonds. The number of carbonyl (C=O) groups excluding carboxylic acids is 1. The summed E-state index contributed by atoms with van der Waals surface area (Å²) < 4.78 is 13.0. The highest BCUT2D eigenvalue weighted by Gasteiger charge is 2.11. The Morgan fingerprint density at radius 2 is 1.63 bits per heavy atom. The number of rotatable bonds is 8. The van der Waals surface area contributed by atoms with Crippen LogP contribution in [0.25, 0.3) is 5.69 Å². The smallest absolute Gasteiger partial charge is 0.226 e. The van der Waals surface area contributed by atoms with E-state index in [-0.39, 0.29) is 5.91 Å². The first-order valence-electron chi connectivity index (χ1n) is 8.89. The van der Waals surface area contributed by atoms with E-state index in [1.807, 2.05) is 77.6 Å². The van der Waals surface area contributed by atoms with E-state index < -0.39 is 0 Å². The molecule has 1 heterocycles. The number of hydrogen-bond acceptors (Lipinski definition) is 3. The first-order valence-corrected chi connectivity index (χ1v) is 8.89. The third-order valence-corrected chi connectivity index (χ3v) is 4.37. The maximum absolute atomic E-state index is 12.4. The van der Waals surface area contributed by atoms with Crippen molar-refractivity contribution in [2.75, 3.05) is 27.3 Å². The molecular weight excluding hydrogens is 340 g/mol. The van der Waals surface area contributed by atoms with Crippen LogP contribution in [0, 0.1) is 0 Å². The summed E-state index contributed by atoms with van der Waals surface area (Å²) in [7, 11) is 3.40. The number of methoxy groups -OCH3 is 1. The van der Waals surface area contributed by atoms with Crippen LogP contribution in [0.1, 0.15) is 5.56 Å². The van der Waals surface area contributed by atoms with Crippen LogP contribution < -0.4 is 9.47 Å². The number of ether oxygens (including phenoxy) is 2. The minimum absolute atomic E-state index is 0.0624. The highest BCUT2D eigenvalue weighted by Crippen LogP contribution is 2.25. The van der Waals surface area contributed by atoms with Crippen molar-refractivity contribution < 1.29 is 14.3 Å². The Labute approximate surface area is 159 Å². The van der Waals surface area contributed by atoms with Crippen molar-refractivity contribution in [2.24, 2.45) is 0 Å². The molecule has 2 aromatic carbocycles. The Hall–Kier alpha value is -3.21. The molecule has 0 fully saturated rings. The van der Waals surface area contributed by atoms with Crippen LogP contribution in [0.2, 0.25) is 0 Å². The molecule has 0 radical (unpaired) electrons. The molecule has 0 aliphatic heterocycles. The van der Waals surface area contributed by atoms with Gasteiger partial charge in [-0.25, -0.2) is 0 Å². The van der Waals surface area contributed by atoms with Crippen LogP contribution in [-0.2, 0) is 11.2 Å². The second kappa shape index (κ2) is 8.94. The van der Waals surface area contributed by atoms with E-state index in [9.17, 15) is 4.79 Å². The van der Waals surface area contributed by atoms with Crippen molar-refractivity contribution in [3.05, 3.63) is 78.6 Å². The average molecular weight is 364 g/mol. The minimum Gasteiger partial charge on any atom is -0.493 e. The topological polar surface area (TPSA) is 43.7 Å². The lowest BCUT2D eigenvalue weighted by molar-refractivity contribution is -0.129. The van der Waals surface area contributed by atoms with Gasteiger partial charge < -0.3 is 18.9 Å². The van der Waals surface area contributed by atoms with Crippen LogP contribution in [-0.4, -0.2) is 42.7 Å². The lowest BCUT2D eigenvalue weighted by Crippen LogP contribution is -2.32. The molecule has 0 spiro atoms. The normalized spacial score (nSPS) is 10.4. The molecule has 1 aromatic heterocycles. The molecule has 0 aliphatic rings. The van der Waals surface area contributed by atoms with E-state index in [1.54, 1.807) is 19.1 Å². The first-order chi connectivity index (χ1) is 13.2. The molecular formula is C22H24N2O3. The molecule has 3 aromatic rings. The predicted molar refractivity (Wildman–Crippen MR) is 106 cm³/mol. The number of nitrogens with zero attached hydrogens (tertiary/aromatic N) is 2. The molecule has 5 heteroatoms. The van der Waals surface area contributed by atoms with Gasteiger partial charge in [0.05, 0.1) is 20.1 Å². The van der Waals surface area contributed by atoms with Gasteiger partial charge in [-0.15, -0.1) is 0 Å². The van der Waals surface area contributed by atoms with Crippen molar-refractivity contribution in [1.82, 2.24) is 9.47 Å². The summed E-state index contributed by atoms with van der Waals surface area (Å²) in [5.74, 6) is 1.43. The van der Waals surface area contributed by atoms with Crippen molar-refractivity contribution in [1.29, 1.82) is 0 Å². The van der Waals surface area contributed by atoms with Gasteiger partial charge in [0.15, 0.2) is 11.5 Å². The number of aromatic nitrogens is 1. The second-order valence-electron chi connectivity index (χ2n) is 6.25. The molecule has 5 nitrogen and oxygen atoms in total. The molecule has 140 valence electrons. The van der Waals surface area contributed by atoms with Crippen LogP contribution in [0.15, 0.2) is 73.1 Å². The Morgan fingerprint density at radius 3 is 2.30 bits per heavy atom. The Morgan fingerprint density at radius 1 is 0.963 bits per heavy atom. The Kier molecular flexibility index (Phi) is 6.15. The second-order valence-corrected chi connectivity index (χ2v) is 6.25. The van der Waals surface area contributed by atoms with Gasteiger partial charge in [0.1, 0.15) is 6.61 Å². The molecule has 0 atom stereocenters. The highest BCUT2D eigenvalue weighted by molar-refractivity contribution is 5.78. The third-order valence-electron chi connectivity index (χ3n) is 4.37. The zero-order chi connectivity index (χ0) is 19.1. The van der Waals surface area contributed by atoms with E-state index >= 15 is 0 Å². The number of likely N-dealkylation sites (N-methyl/N-ethyl adjacent to an activating group) is 1. The fourth-order valence-corrected chi connectivity index (χ4v) is 2.76. The summed E-state index contributed by atoms with van der Waals surface area (Å²) in [5, 5.41) is 0. The zero-order valence-corrected chi connectivity index (χ0v) is 15.7. The van der Waals surface area contributed by atoms with Gasteiger partial charge in [0.25, 0.3) is 0 Å². The van der Waals surface area contributed by atoms with Gasteiger partial charge in [-0.1, -0.05) is 24.3 Å². The van der Waals surface area contributed by atoms with Crippen molar-refractivity contribution in [3.63, 3.8) is 0 Å². The molecule has 0 bridgehead atoms. The number of hydrogen-bond donors (Lipinski definition) is 0. The maximum atomic E-state index is 12.4. The van der Waals surface area contributed by atoms with E-state index in [4.69, 9.17) is 9.47 Å². The average Bonchev–Trinajstić information content (AvgIpc) is 3.23. The number of benzene rings is 2. The fraction of sp³-hybridized carbons (Fsp3) is 0.227. The lowest BCUT2D eigenvalue weighted by Gasteiger charge is -2.18. The van der Waals surface area contributed by atoms with E-state index in [0.29, 0.717) is 31.1 Å². The Balaban J connectivity index is 1.49. The largest absolute Gasteiger partial charge is 0.493 e. The summed E-state index contributed by atoms with van der Waals surface area (Å²) >= 11 is 0. The van der Waals surface area contributed by atoms with Crippen LogP contribution in [0.5, 0.6) is 11.5 Å². The lowest BCUT2D eigenvalue weighted by atomic mass is 10.1. The van der Waals surface area contributed by atoms with E-state index in [2.05, 4.69) is 0 Å². The number of amides is 1. The summed E-state index contributed by atoms with van der Waals surface area (Å²) in [6, 6.07) is 19.5. The van der Waals surface area contributed by atoms with Gasteiger partial charge in [-0.2, -0.15) is 0 Å². The molecule has 0 saturated heterocycles. The fourth-order valence-electron chi connectivity index (χ4n) is 2.76. The monoisotopic (exact) mass is 364 g/mol. The van der Waals surface area contributed by atoms with Crippen molar-refractivity contribution in [2.45, 2.75) is 6.42 Å². The Bertz CT molecular complexity index is 858. The van der Waals surface area contributed by atoms with Crippen molar-refractivity contribution >= 4 is 5.91 Å². The number of carbonyl (C=O) groups is 1. The van der Waals surface area contributed by atoms with Gasteiger partial charge >= 0.3 is 0 Å². The molecule has 27 heavy (non-hydrogen) atoms. The van der Waals surface area contributed by atoms with Crippen LogP contribution in [0.3, 0.4) is 0 Å². The van der Waals surface area contributed by atoms with Gasteiger partial charge in [-0.05, 0) is 42.0 Å². The van der Waals surface area contributed by atoms with Gasteiger partial charge in [-0.3, -0.25) is 4.79 Å². The molecule has 3 rings (SSSR count).